The number of methoxy groups -OCH3 is 1. The summed E-state index contributed by atoms with van der Waals surface area (Å²) in [5.74, 6) is 1.67. The van der Waals surface area contributed by atoms with Crippen LogP contribution in [-0.4, -0.2) is 44.7 Å². The Morgan fingerprint density at radius 2 is 2.16 bits per heavy atom. The third-order valence-electron chi connectivity index (χ3n) is 3.82. The van der Waals surface area contributed by atoms with Crippen molar-refractivity contribution in [2.75, 3.05) is 45.2 Å². The number of piperidine rings is 1. The average Bonchev–Trinajstić information content (AvgIpc) is 2.47. The number of nitrogens with zero attached hydrogens (tertiary/aromatic N) is 1. The molecule has 1 aliphatic rings. The number of benzene rings is 1. The van der Waals surface area contributed by atoms with E-state index in [0.29, 0.717) is 0 Å². The number of hydrogen-bond donors (Lipinski definition) is 2. The second kappa shape index (κ2) is 7.36. The smallest absolute Gasteiger partial charge is 0.120 e. The molecule has 19 heavy (non-hydrogen) atoms. The van der Waals surface area contributed by atoms with Crippen molar-refractivity contribution in [1.29, 1.82) is 0 Å². The molecular weight excluding hydrogens is 238 g/mol. The van der Waals surface area contributed by atoms with Crippen molar-refractivity contribution in [3.05, 3.63) is 24.3 Å². The fraction of sp³-hybridized carbons (Fsp3) is 0.600. The molecule has 0 saturated carbocycles. The highest BCUT2D eigenvalue weighted by molar-refractivity contribution is 5.48. The molecule has 1 fully saturated rings. The first-order chi connectivity index (χ1) is 9.31. The number of ether oxygens (including phenoxy) is 1. The second-order valence-corrected chi connectivity index (χ2v) is 5.19. The number of nitrogens with one attached hydrogen (secondary N) is 1. The summed E-state index contributed by atoms with van der Waals surface area (Å²) in [5.41, 5.74) is 6.73. The van der Waals surface area contributed by atoms with Crippen LogP contribution in [0.2, 0.25) is 0 Å². The van der Waals surface area contributed by atoms with Crippen molar-refractivity contribution < 1.29 is 4.74 Å². The van der Waals surface area contributed by atoms with Gasteiger partial charge < -0.3 is 20.7 Å². The van der Waals surface area contributed by atoms with Gasteiger partial charge in [0.1, 0.15) is 5.75 Å². The molecule has 4 nitrogen and oxygen atoms in total. The van der Waals surface area contributed by atoms with Crippen LogP contribution in [0, 0.1) is 5.92 Å². The normalized spacial score (nSPS) is 17.4. The molecule has 0 aliphatic carbocycles. The highest BCUT2D eigenvalue weighted by Gasteiger charge is 2.18. The summed E-state index contributed by atoms with van der Waals surface area (Å²) in [6, 6.07) is 8.12. The predicted octanol–water partition coefficient (Wildman–Crippen LogP) is 1.78. The molecule has 2 rings (SSSR count). The van der Waals surface area contributed by atoms with Crippen LogP contribution in [0.4, 0.5) is 5.69 Å². The van der Waals surface area contributed by atoms with Crippen molar-refractivity contribution in [2.24, 2.45) is 11.7 Å². The van der Waals surface area contributed by atoms with E-state index in [9.17, 15) is 0 Å². The summed E-state index contributed by atoms with van der Waals surface area (Å²) in [7, 11) is 1.70. The maximum absolute atomic E-state index is 5.59. The number of nitrogens with two attached hydrogens (primary N) is 1. The number of likely N-dealkylation sites (tertiary alicyclic amines) is 1. The third kappa shape index (κ3) is 4.40. The van der Waals surface area contributed by atoms with Gasteiger partial charge in [0.2, 0.25) is 0 Å². The van der Waals surface area contributed by atoms with Crippen molar-refractivity contribution in [3.63, 3.8) is 0 Å². The van der Waals surface area contributed by atoms with Gasteiger partial charge in [-0.3, -0.25) is 0 Å². The van der Waals surface area contributed by atoms with Gasteiger partial charge in [0.15, 0.2) is 0 Å². The lowest BCUT2D eigenvalue weighted by atomic mass is 9.96. The molecular formula is C15H25N3O. The molecule has 0 radical (unpaired) electrons. The van der Waals surface area contributed by atoms with E-state index >= 15 is 0 Å². The molecule has 1 aromatic carbocycles. The van der Waals surface area contributed by atoms with Crippen molar-refractivity contribution >= 4 is 5.69 Å². The van der Waals surface area contributed by atoms with Crippen LogP contribution in [0.1, 0.15) is 12.8 Å². The minimum Gasteiger partial charge on any atom is -0.497 e. The fourth-order valence-corrected chi connectivity index (χ4v) is 2.59. The molecule has 0 amide bonds. The second-order valence-electron chi connectivity index (χ2n) is 5.19. The zero-order valence-corrected chi connectivity index (χ0v) is 11.8. The Morgan fingerprint density at radius 3 is 2.84 bits per heavy atom. The van der Waals surface area contributed by atoms with Gasteiger partial charge in [-0.25, -0.2) is 0 Å². The number of hydrogen-bond acceptors (Lipinski definition) is 4. The van der Waals surface area contributed by atoms with E-state index in [2.05, 4.69) is 16.3 Å². The SMILES string of the molecule is COc1cccc(NCC2CCN(CCN)CC2)c1. The molecule has 0 bridgehead atoms. The van der Waals surface area contributed by atoms with Crippen LogP contribution in [0.5, 0.6) is 5.75 Å². The molecule has 1 heterocycles. The maximum Gasteiger partial charge on any atom is 0.120 e. The van der Waals surface area contributed by atoms with Gasteiger partial charge in [-0.05, 0) is 44.0 Å². The summed E-state index contributed by atoms with van der Waals surface area (Å²) in [5, 5.41) is 3.51. The quantitative estimate of drug-likeness (QED) is 0.821. The Hall–Kier alpha value is -1.26. The molecule has 1 saturated heterocycles. The lowest BCUT2D eigenvalue weighted by Crippen LogP contribution is -2.38. The molecule has 0 spiro atoms. The van der Waals surface area contributed by atoms with Gasteiger partial charge in [-0.15, -0.1) is 0 Å². The largest absolute Gasteiger partial charge is 0.497 e. The Labute approximate surface area is 115 Å². The molecule has 106 valence electrons. The van der Waals surface area contributed by atoms with Crippen LogP contribution < -0.4 is 15.8 Å². The van der Waals surface area contributed by atoms with Crippen LogP contribution in [0.15, 0.2) is 24.3 Å². The Bertz CT molecular complexity index is 375. The number of anilines is 1. The average molecular weight is 263 g/mol. The summed E-state index contributed by atoms with van der Waals surface area (Å²) in [4.78, 5) is 2.46. The first kappa shape index (κ1) is 14.2. The third-order valence-corrected chi connectivity index (χ3v) is 3.82. The van der Waals surface area contributed by atoms with Crippen molar-refractivity contribution in [3.8, 4) is 5.75 Å². The van der Waals surface area contributed by atoms with Crippen LogP contribution in [0.25, 0.3) is 0 Å². The summed E-state index contributed by atoms with van der Waals surface area (Å²) < 4.78 is 5.23. The fourth-order valence-electron chi connectivity index (χ4n) is 2.59. The lowest BCUT2D eigenvalue weighted by molar-refractivity contribution is 0.194. The standard InChI is InChI=1S/C15H25N3O/c1-19-15-4-2-3-14(11-15)17-12-13-5-8-18(9-6-13)10-7-16/h2-4,11,13,17H,5-10,12,16H2,1H3. The zero-order valence-electron chi connectivity index (χ0n) is 11.8. The first-order valence-electron chi connectivity index (χ1n) is 7.12. The molecule has 4 heteroatoms. The molecule has 1 aliphatic heterocycles. The first-order valence-corrected chi connectivity index (χ1v) is 7.12. The molecule has 0 unspecified atom stereocenters. The van der Waals surface area contributed by atoms with Gasteiger partial charge in [-0.1, -0.05) is 6.07 Å². The van der Waals surface area contributed by atoms with Gasteiger partial charge in [-0.2, -0.15) is 0 Å². The van der Waals surface area contributed by atoms with Crippen LogP contribution >= 0.6 is 0 Å². The Balaban J connectivity index is 1.74. The number of rotatable bonds is 6. The van der Waals surface area contributed by atoms with Gasteiger partial charge in [0.25, 0.3) is 0 Å². The van der Waals surface area contributed by atoms with Gasteiger partial charge >= 0.3 is 0 Å². The highest BCUT2D eigenvalue weighted by atomic mass is 16.5. The van der Waals surface area contributed by atoms with E-state index in [-0.39, 0.29) is 0 Å². The molecule has 0 atom stereocenters. The van der Waals surface area contributed by atoms with E-state index in [1.807, 2.05) is 18.2 Å². The van der Waals surface area contributed by atoms with Crippen LogP contribution in [-0.2, 0) is 0 Å². The van der Waals surface area contributed by atoms with E-state index in [1.165, 1.54) is 25.9 Å². The summed E-state index contributed by atoms with van der Waals surface area (Å²) in [6.07, 6.45) is 2.52. The Morgan fingerprint density at radius 1 is 1.37 bits per heavy atom. The van der Waals surface area contributed by atoms with Crippen molar-refractivity contribution in [1.82, 2.24) is 4.90 Å². The van der Waals surface area contributed by atoms with E-state index < -0.39 is 0 Å². The maximum atomic E-state index is 5.59. The Kier molecular flexibility index (Phi) is 5.48. The monoisotopic (exact) mass is 263 g/mol. The zero-order chi connectivity index (χ0) is 13.5. The van der Waals surface area contributed by atoms with Crippen LogP contribution in [0.3, 0.4) is 0 Å². The predicted molar refractivity (Wildman–Crippen MR) is 79.7 cm³/mol. The highest BCUT2D eigenvalue weighted by Crippen LogP contribution is 2.20. The summed E-state index contributed by atoms with van der Waals surface area (Å²) in [6.45, 7) is 5.22. The lowest BCUT2D eigenvalue weighted by Gasteiger charge is -2.31. The topological polar surface area (TPSA) is 50.5 Å². The molecule has 3 N–H and O–H groups in total. The van der Waals surface area contributed by atoms with E-state index in [4.69, 9.17) is 10.5 Å². The minimum absolute atomic E-state index is 0.764. The van der Waals surface area contributed by atoms with E-state index in [1.54, 1.807) is 7.11 Å². The van der Waals surface area contributed by atoms with Gasteiger partial charge in [0, 0.05) is 31.4 Å². The van der Waals surface area contributed by atoms with Crippen molar-refractivity contribution in [2.45, 2.75) is 12.8 Å². The van der Waals surface area contributed by atoms with E-state index in [0.717, 1.165) is 37.0 Å². The summed E-state index contributed by atoms with van der Waals surface area (Å²) >= 11 is 0. The van der Waals surface area contributed by atoms with Gasteiger partial charge in [0.05, 0.1) is 7.11 Å². The molecule has 0 aromatic heterocycles. The molecule has 1 aromatic rings. The minimum atomic E-state index is 0.764.